The van der Waals surface area contributed by atoms with Crippen molar-refractivity contribution in [1.29, 1.82) is 0 Å². The van der Waals surface area contributed by atoms with Crippen LogP contribution in [0.1, 0.15) is 18.4 Å². The average Bonchev–Trinajstić information content (AvgIpc) is 3.22. The van der Waals surface area contributed by atoms with Gasteiger partial charge in [0.25, 0.3) is 0 Å². The van der Waals surface area contributed by atoms with Crippen molar-refractivity contribution in [1.82, 2.24) is 14.9 Å². The van der Waals surface area contributed by atoms with Crippen LogP contribution >= 0.6 is 23.4 Å². The molecule has 0 N–H and O–H groups in total. The SMILES string of the molecule is CCSc1nncn1/N=C\c1ccc(COc2ccc(Cl)cc2)o1. The molecule has 2 aromatic heterocycles. The van der Waals surface area contributed by atoms with Gasteiger partial charge in [0.1, 0.15) is 30.2 Å². The van der Waals surface area contributed by atoms with Gasteiger partial charge in [-0.15, -0.1) is 10.2 Å². The third kappa shape index (κ3) is 4.39. The summed E-state index contributed by atoms with van der Waals surface area (Å²) < 4.78 is 12.9. The fourth-order valence-electron chi connectivity index (χ4n) is 1.87. The van der Waals surface area contributed by atoms with Gasteiger partial charge >= 0.3 is 0 Å². The molecule has 24 heavy (non-hydrogen) atoms. The van der Waals surface area contributed by atoms with E-state index in [-0.39, 0.29) is 0 Å². The maximum Gasteiger partial charge on any atom is 0.211 e. The highest BCUT2D eigenvalue weighted by atomic mass is 35.5. The van der Waals surface area contributed by atoms with Crippen LogP contribution in [0, 0.1) is 0 Å². The second-order valence-electron chi connectivity index (χ2n) is 4.68. The van der Waals surface area contributed by atoms with Crippen LogP contribution in [0.3, 0.4) is 0 Å². The van der Waals surface area contributed by atoms with Crippen molar-refractivity contribution in [3.05, 3.63) is 59.3 Å². The van der Waals surface area contributed by atoms with Gasteiger partial charge in [-0.3, -0.25) is 0 Å². The molecule has 3 aromatic rings. The normalized spacial score (nSPS) is 11.2. The number of nitrogens with zero attached hydrogens (tertiary/aromatic N) is 4. The van der Waals surface area contributed by atoms with E-state index in [0.717, 1.165) is 16.7 Å². The number of furan rings is 1. The van der Waals surface area contributed by atoms with Crippen LogP contribution in [-0.2, 0) is 6.61 Å². The topological polar surface area (TPSA) is 65.4 Å². The van der Waals surface area contributed by atoms with E-state index in [1.165, 1.54) is 0 Å². The standard InChI is InChI=1S/C16H15ClN4O2S/c1-2-24-16-20-18-11-21(16)19-9-14-7-8-15(23-14)10-22-13-5-3-12(17)4-6-13/h3-9,11H,2,10H2,1H3/b19-9-. The van der Waals surface area contributed by atoms with Gasteiger partial charge < -0.3 is 9.15 Å². The Morgan fingerprint density at radius 2 is 2.12 bits per heavy atom. The Bertz CT molecular complexity index is 814. The molecule has 0 fully saturated rings. The largest absolute Gasteiger partial charge is 0.486 e. The highest BCUT2D eigenvalue weighted by Crippen LogP contribution is 2.18. The Labute approximate surface area is 148 Å². The molecule has 124 valence electrons. The number of thioether (sulfide) groups is 1. The van der Waals surface area contributed by atoms with Crippen LogP contribution in [0.5, 0.6) is 5.75 Å². The molecule has 0 unspecified atom stereocenters. The molecule has 0 saturated heterocycles. The molecule has 0 amide bonds. The Balaban J connectivity index is 1.59. The van der Waals surface area contributed by atoms with Crippen molar-refractivity contribution in [3.63, 3.8) is 0 Å². The summed E-state index contributed by atoms with van der Waals surface area (Å²) in [6.07, 6.45) is 3.18. The van der Waals surface area contributed by atoms with Gasteiger partial charge in [0.05, 0.1) is 6.21 Å². The highest BCUT2D eigenvalue weighted by Gasteiger charge is 2.04. The van der Waals surface area contributed by atoms with Gasteiger partial charge in [-0.1, -0.05) is 30.3 Å². The molecular formula is C16H15ClN4O2S. The number of hydrogen-bond acceptors (Lipinski definition) is 6. The molecule has 8 heteroatoms. The zero-order valence-corrected chi connectivity index (χ0v) is 14.5. The molecule has 3 rings (SSSR count). The van der Waals surface area contributed by atoms with E-state index in [2.05, 4.69) is 15.3 Å². The predicted octanol–water partition coefficient (Wildman–Crippen LogP) is 4.10. The molecule has 0 aliphatic heterocycles. The number of rotatable bonds is 7. The summed E-state index contributed by atoms with van der Waals surface area (Å²) in [5, 5.41) is 13.6. The molecule has 0 saturated carbocycles. The first kappa shape index (κ1) is 16.6. The molecule has 0 aliphatic rings. The minimum atomic E-state index is 0.332. The van der Waals surface area contributed by atoms with Gasteiger partial charge in [-0.05, 0) is 42.2 Å². The first-order valence-corrected chi connectivity index (χ1v) is 8.65. The predicted molar refractivity (Wildman–Crippen MR) is 93.9 cm³/mol. The summed E-state index contributed by atoms with van der Waals surface area (Å²) in [6, 6.07) is 10.9. The summed E-state index contributed by atoms with van der Waals surface area (Å²) in [5.74, 6) is 2.97. The van der Waals surface area contributed by atoms with E-state index in [9.17, 15) is 0 Å². The van der Waals surface area contributed by atoms with Crippen molar-refractivity contribution >= 4 is 29.6 Å². The lowest BCUT2D eigenvalue weighted by Crippen LogP contribution is -1.93. The molecule has 1 aromatic carbocycles. The Hall–Kier alpha value is -2.25. The number of ether oxygens (including phenoxy) is 1. The van der Waals surface area contributed by atoms with Gasteiger partial charge in [0.15, 0.2) is 0 Å². The number of benzene rings is 1. The minimum absolute atomic E-state index is 0.332. The quantitative estimate of drug-likeness (QED) is 0.467. The minimum Gasteiger partial charge on any atom is -0.486 e. The average molecular weight is 363 g/mol. The maximum atomic E-state index is 5.84. The van der Waals surface area contributed by atoms with E-state index in [1.807, 2.05) is 31.2 Å². The van der Waals surface area contributed by atoms with Gasteiger partial charge in [0.2, 0.25) is 5.16 Å². The molecule has 0 radical (unpaired) electrons. The van der Waals surface area contributed by atoms with Crippen LogP contribution in [-0.4, -0.2) is 26.8 Å². The first-order valence-electron chi connectivity index (χ1n) is 7.29. The molecule has 0 spiro atoms. The van der Waals surface area contributed by atoms with Crippen LogP contribution in [0.4, 0.5) is 0 Å². The van der Waals surface area contributed by atoms with Crippen molar-refractivity contribution < 1.29 is 9.15 Å². The molecule has 2 heterocycles. The third-order valence-electron chi connectivity index (χ3n) is 2.96. The molecule has 0 aliphatic carbocycles. The molecule has 0 atom stereocenters. The second kappa shape index (κ2) is 8.03. The first-order chi connectivity index (χ1) is 11.7. The fraction of sp³-hybridized carbons (Fsp3) is 0.188. The monoisotopic (exact) mass is 362 g/mol. The lowest BCUT2D eigenvalue weighted by molar-refractivity contribution is 0.270. The lowest BCUT2D eigenvalue weighted by Gasteiger charge is -2.03. The van der Waals surface area contributed by atoms with Crippen molar-refractivity contribution in [2.45, 2.75) is 18.7 Å². The van der Waals surface area contributed by atoms with E-state index in [4.69, 9.17) is 20.8 Å². The van der Waals surface area contributed by atoms with Crippen molar-refractivity contribution in [2.24, 2.45) is 5.10 Å². The lowest BCUT2D eigenvalue weighted by atomic mass is 10.3. The van der Waals surface area contributed by atoms with E-state index in [0.29, 0.717) is 23.2 Å². The Morgan fingerprint density at radius 3 is 2.92 bits per heavy atom. The molecular weight excluding hydrogens is 348 g/mol. The highest BCUT2D eigenvalue weighted by molar-refractivity contribution is 7.99. The zero-order chi connectivity index (χ0) is 16.8. The summed E-state index contributed by atoms with van der Waals surface area (Å²) in [6.45, 7) is 2.38. The van der Waals surface area contributed by atoms with Crippen LogP contribution in [0.2, 0.25) is 5.02 Å². The molecule has 0 bridgehead atoms. The van der Waals surface area contributed by atoms with Crippen molar-refractivity contribution in [2.75, 3.05) is 5.75 Å². The van der Waals surface area contributed by atoms with Crippen LogP contribution in [0.15, 0.2) is 57.4 Å². The summed E-state index contributed by atoms with van der Waals surface area (Å²) in [5.41, 5.74) is 0. The number of halogens is 1. The zero-order valence-electron chi connectivity index (χ0n) is 12.9. The maximum absolute atomic E-state index is 5.84. The smallest absolute Gasteiger partial charge is 0.211 e. The summed E-state index contributed by atoms with van der Waals surface area (Å²) in [7, 11) is 0. The van der Waals surface area contributed by atoms with E-state index >= 15 is 0 Å². The van der Waals surface area contributed by atoms with Crippen molar-refractivity contribution in [3.8, 4) is 5.75 Å². The Morgan fingerprint density at radius 1 is 1.29 bits per heavy atom. The third-order valence-corrected chi connectivity index (χ3v) is 4.03. The van der Waals surface area contributed by atoms with Crippen LogP contribution < -0.4 is 4.74 Å². The van der Waals surface area contributed by atoms with E-state index in [1.54, 1.807) is 41.1 Å². The number of aromatic nitrogens is 3. The van der Waals surface area contributed by atoms with E-state index < -0.39 is 0 Å². The Kier molecular flexibility index (Phi) is 5.55. The molecule has 6 nitrogen and oxygen atoms in total. The van der Waals surface area contributed by atoms with Crippen LogP contribution in [0.25, 0.3) is 0 Å². The number of hydrogen-bond donors (Lipinski definition) is 0. The van der Waals surface area contributed by atoms with Gasteiger partial charge in [0, 0.05) is 5.02 Å². The van der Waals surface area contributed by atoms with Gasteiger partial charge in [-0.25, -0.2) is 0 Å². The summed E-state index contributed by atoms with van der Waals surface area (Å²) >= 11 is 7.41. The summed E-state index contributed by atoms with van der Waals surface area (Å²) in [4.78, 5) is 0. The second-order valence-corrected chi connectivity index (χ2v) is 6.35. The van der Waals surface area contributed by atoms with Gasteiger partial charge in [-0.2, -0.15) is 9.78 Å². The fourth-order valence-corrected chi connectivity index (χ4v) is 2.58.